The SMILES string of the molecule is COc1ccc(-n2c(=O)n(CC3CCC(NC(=O)c4cc(Cl)cnc4C(F)F)CC3)c3cccnc32)cc1. The smallest absolute Gasteiger partial charge is 0.334 e. The summed E-state index contributed by atoms with van der Waals surface area (Å²) in [5, 5.41) is 2.98. The van der Waals surface area contributed by atoms with Crippen molar-refractivity contribution in [3.63, 3.8) is 0 Å². The van der Waals surface area contributed by atoms with E-state index >= 15 is 0 Å². The number of fused-ring (bicyclic) bond motifs is 1. The Morgan fingerprint density at radius 1 is 1.16 bits per heavy atom. The molecule has 38 heavy (non-hydrogen) atoms. The van der Waals surface area contributed by atoms with Crippen LogP contribution in [-0.4, -0.2) is 38.2 Å². The van der Waals surface area contributed by atoms with Crippen LogP contribution >= 0.6 is 11.6 Å². The minimum atomic E-state index is -2.88. The highest BCUT2D eigenvalue weighted by Gasteiger charge is 2.27. The summed E-state index contributed by atoms with van der Waals surface area (Å²) in [6, 6.07) is 12.0. The normalized spacial score (nSPS) is 17.6. The van der Waals surface area contributed by atoms with Crippen molar-refractivity contribution in [2.45, 2.75) is 44.7 Å². The predicted octanol–water partition coefficient (Wildman–Crippen LogP) is 5.17. The van der Waals surface area contributed by atoms with Crippen molar-refractivity contribution in [1.29, 1.82) is 0 Å². The molecule has 1 saturated carbocycles. The lowest BCUT2D eigenvalue weighted by Gasteiger charge is -2.29. The molecule has 1 aliphatic carbocycles. The number of carbonyl (C=O) groups excluding carboxylic acids is 1. The molecule has 3 aromatic heterocycles. The van der Waals surface area contributed by atoms with E-state index in [-0.39, 0.29) is 28.2 Å². The summed E-state index contributed by atoms with van der Waals surface area (Å²) in [5.74, 6) is 0.295. The summed E-state index contributed by atoms with van der Waals surface area (Å²) in [6.07, 6.45) is 2.75. The number of aromatic nitrogens is 4. The molecule has 0 spiro atoms. The van der Waals surface area contributed by atoms with Gasteiger partial charge in [-0.1, -0.05) is 11.6 Å². The number of rotatable bonds is 7. The van der Waals surface area contributed by atoms with E-state index in [9.17, 15) is 18.4 Å². The Bertz CT molecular complexity index is 1510. The number of benzene rings is 1. The molecule has 3 heterocycles. The van der Waals surface area contributed by atoms with Gasteiger partial charge in [0.05, 0.1) is 28.9 Å². The van der Waals surface area contributed by atoms with Crippen LogP contribution in [0.4, 0.5) is 8.78 Å². The van der Waals surface area contributed by atoms with Crippen molar-refractivity contribution in [1.82, 2.24) is 24.4 Å². The Hall–Kier alpha value is -3.79. The topological polar surface area (TPSA) is 91.0 Å². The maximum atomic E-state index is 13.5. The third-order valence-corrected chi connectivity index (χ3v) is 7.19. The fourth-order valence-electron chi connectivity index (χ4n) is 5.04. The number of carbonyl (C=O) groups is 1. The first-order valence-corrected chi connectivity index (χ1v) is 12.7. The van der Waals surface area contributed by atoms with Crippen LogP contribution in [0, 0.1) is 5.92 Å². The molecule has 4 aromatic rings. The lowest BCUT2D eigenvalue weighted by atomic mass is 9.85. The Balaban J connectivity index is 1.30. The highest BCUT2D eigenvalue weighted by molar-refractivity contribution is 6.30. The molecule has 0 aliphatic heterocycles. The van der Waals surface area contributed by atoms with Crippen molar-refractivity contribution in [2.75, 3.05) is 7.11 Å². The largest absolute Gasteiger partial charge is 0.497 e. The molecule has 1 amide bonds. The molecule has 1 aliphatic rings. The number of pyridine rings is 2. The number of ether oxygens (including phenoxy) is 1. The summed E-state index contributed by atoms with van der Waals surface area (Å²) in [7, 11) is 1.59. The van der Waals surface area contributed by atoms with Crippen LogP contribution in [0.5, 0.6) is 5.75 Å². The van der Waals surface area contributed by atoms with E-state index in [1.807, 2.05) is 18.2 Å². The van der Waals surface area contributed by atoms with Crippen molar-refractivity contribution in [2.24, 2.45) is 5.92 Å². The Morgan fingerprint density at radius 2 is 1.89 bits per heavy atom. The van der Waals surface area contributed by atoms with Gasteiger partial charge in [-0.15, -0.1) is 0 Å². The molecule has 1 N–H and O–H groups in total. The Kier molecular flexibility index (Phi) is 7.42. The third-order valence-electron chi connectivity index (χ3n) is 6.98. The first-order chi connectivity index (χ1) is 18.4. The number of alkyl halides is 2. The predicted molar refractivity (Wildman–Crippen MR) is 139 cm³/mol. The van der Waals surface area contributed by atoms with Crippen molar-refractivity contribution in [3.05, 3.63) is 81.6 Å². The van der Waals surface area contributed by atoms with Gasteiger partial charge in [0, 0.05) is 25.0 Å². The molecular formula is C27H26ClF2N5O3. The number of nitrogens with one attached hydrogen (secondary N) is 1. The van der Waals surface area contributed by atoms with E-state index in [1.165, 1.54) is 6.07 Å². The van der Waals surface area contributed by atoms with Gasteiger partial charge in [0.25, 0.3) is 12.3 Å². The van der Waals surface area contributed by atoms with E-state index in [4.69, 9.17) is 16.3 Å². The van der Waals surface area contributed by atoms with Crippen LogP contribution in [-0.2, 0) is 6.54 Å². The fourth-order valence-corrected chi connectivity index (χ4v) is 5.20. The van der Waals surface area contributed by atoms with Gasteiger partial charge < -0.3 is 10.1 Å². The summed E-state index contributed by atoms with van der Waals surface area (Å²) in [6.45, 7) is 0.512. The molecule has 1 fully saturated rings. The number of hydrogen-bond acceptors (Lipinski definition) is 5. The molecule has 8 nitrogen and oxygen atoms in total. The molecule has 0 bridgehead atoms. The second kappa shape index (κ2) is 10.9. The zero-order chi connectivity index (χ0) is 26.8. The third kappa shape index (κ3) is 5.13. The minimum Gasteiger partial charge on any atom is -0.497 e. The van der Waals surface area contributed by atoms with Gasteiger partial charge in [-0.05, 0) is 74.1 Å². The lowest BCUT2D eigenvalue weighted by molar-refractivity contribution is 0.0904. The van der Waals surface area contributed by atoms with Crippen molar-refractivity contribution >= 4 is 28.7 Å². The van der Waals surface area contributed by atoms with Gasteiger partial charge in [-0.25, -0.2) is 23.1 Å². The monoisotopic (exact) mass is 541 g/mol. The first-order valence-electron chi connectivity index (χ1n) is 12.3. The summed E-state index contributed by atoms with van der Waals surface area (Å²) in [4.78, 5) is 34.3. The summed E-state index contributed by atoms with van der Waals surface area (Å²) < 4.78 is 35.2. The van der Waals surface area contributed by atoms with Gasteiger partial charge in [-0.3, -0.25) is 14.3 Å². The summed E-state index contributed by atoms with van der Waals surface area (Å²) >= 11 is 5.89. The average molecular weight is 542 g/mol. The van der Waals surface area contributed by atoms with Gasteiger partial charge >= 0.3 is 5.69 Å². The number of imidazole rings is 1. The van der Waals surface area contributed by atoms with E-state index in [1.54, 1.807) is 40.6 Å². The molecule has 0 saturated heterocycles. The van der Waals surface area contributed by atoms with Crippen molar-refractivity contribution in [3.8, 4) is 11.4 Å². The zero-order valence-electron chi connectivity index (χ0n) is 20.6. The van der Waals surface area contributed by atoms with Gasteiger partial charge in [-0.2, -0.15) is 0 Å². The number of halogens is 3. The molecule has 5 rings (SSSR count). The highest BCUT2D eigenvalue weighted by atomic mass is 35.5. The molecular weight excluding hydrogens is 516 g/mol. The molecule has 0 atom stereocenters. The quantitative estimate of drug-likeness (QED) is 0.348. The van der Waals surface area contributed by atoms with Crippen LogP contribution in [0.15, 0.2) is 59.7 Å². The van der Waals surface area contributed by atoms with E-state index < -0.39 is 18.0 Å². The van der Waals surface area contributed by atoms with E-state index in [2.05, 4.69) is 15.3 Å². The van der Waals surface area contributed by atoms with Crippen LogP contribution < -0.4 is 15.7 Å². The molecule has 0 radical (unpaired) electrons. The zero-order valence-corrected chi connectivity index (χ0v) is 21.4. The van der Waals surface area contributed by atoms with Crippen molar-refractivity contribution < 1.29 is 18.3 Å². The Morgan fingerprint density at radius 3 is 2.58 bits per heavy atom. The second-order valence-electron chi connectivity index (χ2n) is 9.35. The molecule has 0 unspecified atom stereocenters. The van der Waals surface area contributed by atoms with E-state index in [0.717, 1.165) is 24.6 Å². The van der Waals surface area contributed by atoms with Gasteiger partial charge in [0.2, 0.25) is 0 Å². The highest BCUT2D eigenvalue weighted by Crippen LogP contribution is 2.28. The lowest BCUT2D eigenvalue weighted by Crippen LogP contribution is -2.39. The van der Waals surface area contributed by atoms with Crippen LogP contribution in [0.3, 0.4) is 0 Å². The van der Waals surface area contributed by atoms with Crippen LogP contribution in [0.1, 0.15) is 48.2 Å². The number of hydrogen-bond donors (Lipinski definition) is 1. The second-order valence-corrected chi connectivity index (χ2v) is 9.79. The maximum absolute atomic E-state index is 13.5. The summed E-state index contributed by atoms with van der Waals surface area (Å²) in [5.41, 5.74) is 1.06. The molecule has 198 valence electrons. The van der Waals surface area contributed by atoms with Crippen LogP contribution in [0.25, 0.3) is 16.9 Å². The van der Waals surface area contributed by atoms with Crippen LogP contribution in [0.2, 0.25) is 5.02 Å². The maximum Gasteiger partial charge on any atom is 0.334 e. The Labute approximate surface area is 222 Å². The molecule has 11 heteroatoms. The first kappa shape index (κ1) is 25.8. The van der Waals surface area contributed by atoms with Gasteiger partial charge in [0.15, 0.2) is 5.65 Å². The number of nitrogens with zero attached hydrogens (tertiary/aromatic N) is 4. The fraction of sp³-hybridized carbons (Fsp3) is 0.333. The molecule has 1 aromatic carbocycles. The van der Waals surface area contributed by atoms with E-state index in [0.29, 0.717) is 36.5 Å². The van der Waals surface area contributed by atoms with Gasteiger partial charge in [0.1, 0.15) is 11.4 Å². The number of methoxy groups -OCH3 is 1. The minimum absolute atomic E-state index is 0.122. The number of amides is 1. The standard InChI is InChI=1S/C27H26ClF2N5O3/c1-38-20-10-8-19(9-11-20)35-25-22(3-2-12-31-25)34(27(35)37)15-16-4-6-18(7-5-16)33-26(36)21-13-17(28)14-32-23(21)24(29)30/h2-3,8-14,16,18,24H,4-7,15H2,1H3,(H,33,36). The average Bonchev–Trinajstić information content (AvgIpc) is 3.20.